The number of para-hydroxylation sites is 3. The largest absolute Gasteiger partial charge is 0.496 e. The number of ether oxygens (including phenoxy) is 3. The standard InChI is InChI=1S/C16H19NO3/c1-18-14-8-4-3-7-12(14)13(17)11-20-16-10-6-5-9-15(16)19-2/h3-10,13H,11,17H2,1-2H3. The Morgan fingerprint density at radius 3 is 2.05 bits per heavy atom. The SMILES string of the molecule is COc1ccccc1OCC(N)c1ccccc1OC. The normalized spacial score (nSPS) is 11.8. The second-order valence-electron chi connectivity index (χ2n) is 4.31. The molecule has 4 nitrogen and oxygen atoms in total. The van der Waals surface area contributed by atoms with Crippen molar-refractivity contribution in [3.05, 3.63) is 54.1 Å². The fourth-order valence-corrected chi connectivity index (χ4v) is 1.98. The minimum atomic E-state index is -0.268. The number of nitrogens with two attached hydrogens (primary N) is 1. The van der Waals surface area contributed by atoms with Crippen LogP contribution in [0.3, 0.4) is 0 Å². The number of rotatable bonds is 6. The van der Waals surface area contributed by atoms with Gasteiger partial charge in [-0.1, -0.05) is 30.3 Å². The van der Waals surface area contributed by atoms with Crippen LogP contribution in [0.5, 0.6) is 17.2 Å². The van der Waals surface area contributed by atoms with Gasteiger partial charge < -0.3 is 19.9 Å². The molecule has 1 unspecified atom stereocenters. The maximum absolute atomic E-state index is 6.16. The average Bonchev–Trinajstić information content (AvgIpc) is 2.52. The van der Waals surface area contributed by atoms with Crippen molar-refractivity contribution >= 4 is 0 Å². The average molecular weight is 273 g/mol. The Kier molecular flexibility index (Phi) is 4.85. The van der Waals surface area contributed by atoms with Gasteiger partial charge in [-0.25, -0.2) is 0 Å². The van der Waals surface area contributed by atoms with Crippen LogP contribution in [0.1, 0.15) is 11.6 Å². The zero-order valence-electron chi connectivity index (χ0n) is 11.7. The Balaban J connectivity index is 2.07. The summed E-state index contributed by atoms with van der Waals surface area (Å²) in [6.45, 7) is 0.348. The Bertz CT molecular complexity index is 557. The molecule has 0 spiro atoms. The fourth-order valence-electron chi connectivity index (χ4n) is 1.98. The van der Waals surface area contributed by atoms with Gasteiger partial charge in [-0.15, -0.1) is 0 Å². The lowest BCUT2D eigenvalue weighted by molar-refractivity contribution is 0.270. The van der Waals surface area contributed by atoms with Crippen LogP contribution in [0.4, 0.5) is 0 Å². The van der Waals surface area contributed by atoms with Gasteiger partial charge in [-0.05, 0) is 18.2 Å². The van der Waals surface area contributed by atoms with E-state index in [1.54, 1.807) is 14.2 Å². The van der Waals surface area contributed by atoms with Crippen LogP contribution in [0.2, 0.25) is 0 Å². The van der Waals surface area contributed by atoms with Gasteiger partial charge in [0.05, 0.1) is 20.3 Å². The molecule has 0 saturated heterocycles. The molecule has 2 aromatic rings. The Morgan fingerprint density at radius 2 is 1.40 bits per heavy atom. The lowest BCUT2D eigenvalue weighted by Gasteiger charge is -2.17. The van der Waals surface area contributed by atoms with Crippen LogP contribution in [0.15, 0.2) is 48.5 Å². The van der Waals surface area contributed by atoms with Crippen molar-refractivity contribution in [2.45, 2.75) is 6.04 Å². The number of methoxy groups -OCH3 is 2. The van der Waals surface area contributed by atoms with Gasteiger partial charge in [0.15, 0.2) is 11.5 Å². The quantitative estimate of drug-likeness (QED) is 0.879. The molecule has 0 aromatic heterocycles. The summed E-state index contributed by atoms with van der Waals surface area (Å²) in [7, 11) is 3.25. The summed E-state index contributed by atoms with van der Waals surface area (Å²) in [6.07, 6.45) is 0. The van der Waals surface area contributed by atoms with Gasteiger partial charge in [0.1, 0.15) is 12.4 Å². The van der Waals surface area contributed by atoms with E-state index in [-0.39, 0.29) is 6.04 Å². The van der Waals surface area contributed by atoms with Gasteiger partial charge in [-0.3, -0.25) is 0 Å². The predicted molar refractivity (Wildman–Crippen MR) is 78.4 cm³/mol. The fraction of sp³-hybridized carbons (Fsp3) is 0.250. The lowest BCUT2D eigenvalue weighted by Crippen LogP contribution is -2.19. The molecule has 2 rings (SSSR count). The number of hydrogen-bond donors (Lipinski definition) is 1. The second kappa shape index (κ2) is 6.82. The van der Waals surface area contributed by atoms with Gasteiger partial charge >= 0.3 is 0 Å². The van der Waals surface area contributed by atoms with E-state index in [1.807, 2.05) is 48.5 Å². The molecule has 0 bridgehead atoms. The molecule has 0 aliphatic carbocycles. The maximum atomic E-state index is 6.16. The molecular weight excluding hydrogens is 254 g/mol. The highest BCUT2D eigenvalue weighted by molar-refractivity contribution is 5.40. The third kappa shape index (κ3) is 3.22. The van der Waals surface area contributed by atoms with Crippen LogP contribution in [-0.4, -0.2) is 20.8 Å². The Labute approximate surface area is 119 Å². The zero-order valence-corrected chi connectivity index (χ0v) is 11.7. The highest BCUT2D eigenvalue weighted by atomic mass is 16.5. The molecular formula is C16H19NO3. The summed E-state index contributed by atoms with van der Waals surface area (Å²) in [5.74, 6) is 2.14. The summed E-state index contributed by atoms with van der Waals surface area (Å²) in [5.41, 5.74) is 7.09. The summed E-state index contributed by atoms with van der Waals surface area (Å²) in [6, 6.07) is 14.9. The van der Waals surface area contributed by atoms with E-state index in [0.29, 0.717) is 18.1 Å². The van der Waals surface area contributed by atoms with Gasteiger partial charge in [0.2, 0.25) is 0 Å². The molecule has 106 valence electrons. The van der Waals surface area contributed by atoms with E-state index >= 15 is 0 Å². The molecule has 0 amide bonds. The maximum Gasteiger partial charge on any atom is 0.161 e. The van der Waals surface area contributed by atoms with Crippen molar-refractivity contribution in [3.63, 3.8) is 0 Å². The summed E-state index contributed by atoms with van der Waals surface area (Å²) in [4.78, 5) is 0. The molecule has 4 heteroatoms. The zero-order chi connectivity index (χ0) is 14.4. The van der Waals surface area contributed by atoms with Crippen LogP contribution < -0.4 is 19.9 Å². The van der Waals surface area contributed by atoms with E-state index in [0.717, 1.165) is 11.3 Å². The van der Waals surface area contributed by atoms with Crippen molar-refractivity contribution in [2.24, 2.45) is 5.73 Å². The molecule has 0 fully saturated rings. The minimum absolute atomic E-state index is 0.268. The Morgan fingerprint density at radius 1 is 0.850 bits per heavy atom. The van der Waals surface area contributed by atoms with Gasteiger partial charge in [0.25, 0.3) is 0 Å². The van der Waals surface area contributed by atoms with E-state index in [9.17, 15) is 0 Å². The van der Waals surface area contributed by atoms with Crippen molar-refractivity contribution < 1.29 is 14.2 Å². The van der Waals surface area contributed by atoms with Gasteiger partial charge in [0, 0.05) is 5.56 Å². The lowest BCUT2D eigenvalue weighted by atomic mass is 10.1. The van der Waals surface area contributed by atoms with Crippen LogP contribution in [-0.2, 0) is 0 Å². The molecule has 2 aromatic carbocycles. The number of benzene rings is 2. The molecule has 0 aliphatic heterocycles. The third-order valence-corrected chi connectivity index (χ3v) is 3.03. The van der Waals surface area contributed by atoms with Crippen molar-refractivity contribution in [1.82, 2.24) is 0 Å². The second-order valence-corrected chi connectivity index (χ2v) is 4.31. The third-order valence-electron chi connectivity index (χ3n) is 3.03. The van der Waals surface area contributed by atoms with Crippen LogP contribution in [0, 0.1) is 0 Å². The molecule has 0 saturated carbocycles. The van der Waals surface area contributed by atoms with Crippen molar-refractivity contribution in [3.8, 4) is 17.2 Å². The first kappa shape index (κ1) is 14.2. The first-order valence-electron chi connectivity index (χ1n) is 6.40. The highest BCUT2D eigenvalue weighted by Gasteiger charge is 2.13. The smallest absolute Gasteiger partial charge is 0.161 e. The highest BCUT2D eigenvalue weighted by Crippen LogP contribution is 2.28. The predicted octanol–water partition coefficient (Wildman–Crippen LogP) is 2.78. The summed E-state index contributed by atoms with van der Waals surface area (Å²) < 4.78 is 16.3. The molecule has 20 heavy (non-hydrogen) atoms. The summed E-state index contributed by atoms with van der Waals surface area (Å²) >= 11 is 0. The van der Waals surface area contributed by atoms with E-state index < -0.39 is 0 Å². The minimum Gasteiger partial charge on any atom is -0.496 e. The molecule has 0 aliphatic rings. The Hall–Kier alpha value is -2.20. The first-order valence-corrected chi connectivity index (χ1v) is 6.40. The topological polar surface area (TPSA) is 53.7 Å². The molecule has 1 atom stereocenters. The summed E-state index contributed by atoms with van der Waals surface area (Å²) in [5, 5.41) is 0. The van der Waals surface area contributed by atoms with E-state index in [4.69, 9.17) is 19.9 Å². The first-order chi connectivity index (χ1) is 9.76. The van der Waals surface area contributed by atoms with Crippen LogP contribution >= 0.6 is 0 Å². The molecule has 0 heterocycles. The van der Waals surface area contributed by atoms with E-state index in [2.05, 4.69) is 0 Å². The van der Waals surface area contributed by atoms with Crippen molar-refractivity contribution in [1.29, 1.82) is 0 Å². The van der Waals surface area contributed by atoms with Crippen molar-refractivity contribution in [2.75, 3.05) is 20.8 Å². The molecule has 0 radical (unpaired) electrons. The molecule has 2 N–H and O–H groups in total. The van der Waals surface area contributed by atoms with E-state index in [1.165, 1.54) is 0 Å². The monoisotopic (exact) mass is 273 g/mol. The number of hydrogen-bond acceptors (Lipinski definition) is 4. The van der Waals surface area contributed by atoms with Gasteiger partial charge in [-0.2, -0.15) is 0 Å². The van der Waals surface area contributed by atoms with Crippen LogP contribution in [0.25, 0.3) is 0 Å².